The number of ether oxygens (including phenoxy) is 2. The van der Waals surface area contributed by atoms with Crippen molar-refractivity contribution >= 4 is 22.0 Å². The molecule has 0 spiro atoms. The van der Waals surface area contributed by atoms with Crippen molar-refractivity contribution in [2.75, 3.05) is 26.7 Å². The monoisotopic (exact) mass is 510 g/mol. The van der Waals surface area contributed by atoms with E-state index in [9.17, 15) is 9.90 Å². The van der Waals surface area contributed by atoms with Crippen LogP contribution < -0.4 is 10.1 Å². The highest BCUT2D eigenvalue weighted by Crippen LogP contribution is 2.42. The summed E-state index contributed by atoms with van der Waals surface area (Å²) in [4.78, 5) is 14.5. The van der Waals surface area contributed by atoms with Crippen LogP contribution in [0.5, 0.6) is 5.75 Å². The van der Waals surface area contributed by atoms with Crippen molar-refractivity contribution in [2.45, 2.75) is 88.9 Å². The zero-order chi connectivity index (χ0) is 23.4. The number of alkyl carbamates (subject to hydrolysis) is 1. The number of amides is 1. The Morgan fingerprint density at radius 3 is 2.47 bits per heavy atom. The van der Waals surface area contributed by atoms with Crippen molar-refractivity contribution in [1.29, 1.82) is 0 Å². The molecule has 1 heterocycles. The highest BCUT2D eigenvalue weighted by molar-refractivity contribution is 9.10. The first-order chi connectivity index (χ1) is 15.1. The van der Waals surface area contributed by atoms with Gasteiger partial charge in [-0.1, -0.05) is 25.3 Å². The number of piperidine rings is 1. The lowest BCUT2D eigenvalue weighted by Gasteiger charge is -2.43. The molecule has 1 atom stereocenters. The Morgan fingerprint density at radius 1 is 1.25 bits per heavy atom. The van der Waals surface area contributed by atoms with Gasteiger partial charge in [-0.05, 0) is 80.1 Å². The summed E-state index contributed by atoms with van der Waals surface area (Å²) in [5, 5.41) is 14.7. The molecular formula is C25H39BrN2O4. The molecule has 1 saturated carbocycles. The summed E-state index contributed by atoms with van der Waals surface area (Å²) >= 11 is 3.62. The van der Waals surface area contributed by atoms with Crippen molar-refractivity contribution in [3.05, 3.63) is 28.2 Å². The molecule has 32 heavy (non-hydrogen) atoms. The van der Waals surface area contributed by atoms with Crippen molar-refractivity contribution in [3.63, 3.8) is 0 Å². The van der Waals surface area contributed by atoms with Crippen LogP contribution >= 0.6 is 15.9 Å². The standard InChI is InChI=1S/C25H39BrN2O4/c1-24(2,3)32-23(29)27-19-10-14-28(15-11-19)17-20(25(30)12-6-5-7-13-25)18-8-9-22(31-4)21(26)16-18/h8-9,16,19-20,30H,5-7,10-15,17H2,1-4H3,(H,27,29). The Kier molecular flexibility index (Phi) is 8.50. The Labute approximate surface area is 201 Å². The van der Waals surface area contributed by atoms with Gasteiger partial charge >= 0.3 is 6.09 Å². The quantitative estimate of drug-likeness (QED) is 0.548. The molecule has 1 aliphatic heterocycles. The Bertz CT molecular complexity index is 766. The first kappa shape index (κ1) is 25.3. The van der Waals surface area contributed by atoms with Gasteiger partial charge in [-0.2, -0.15) is 0 Å². The molecule has 1 aliphatic carbocycles. The van der Waals surface area contributed by atoms with E-state index < -0.39 is 11.2 Å². The Hall–Kier alpha value is -1.31. The summed E-state index contributed by atoms with van der Waals surface area (Å²) in [7, 11) is 1.67. The predicted octanol–water partition coefficient (Wildman–Crippen LogP) is 5.23. The van der Waals surface area contributed by atoms with E-state index in [1.165, 1.54) is 6.42 Å². The van der Waals surface area contributed by atoms with Crippen LogP contribution in [0.25, 0.3) is 0 Å². The van der Waals surface area contributed by atoms with E-state index in [-0.39, 0.29) is 18.1 Å². The highest BCUT2D eigenvalue weighted by Gasteiger charge is 2.40. The largest absolute Gasteiger partial charge is 0.496 e. The average Bonchev–Trinajstić information content (AvgIpc) is 2.72. The van der Waals surface area contributed by atoms with Crippen LogP contribution in [0.2, 0.25) is 0 Å². The fourth-order valence-corrected chi connectivity index (χ4v) is 5.55. The van der Waals surface area contributed by atoms with Crippen LogP contribution in [0.15, 0.2) is 22.7 Å². The lowest BCUT2D eigenvalue weighted by Crippen LogP contribution is -2.49. The molecule has 1 amide bonds. The maximum atomic E-state index is 12.1. The molecule has 0 bridgehead atoms. The van der Waals surface area contributed by atoms with Gasteiger partial charge in [0.1, 0.15) is 11.4 Å². The van der Waals surface area contributed by atoms with Gasteiger partial charge < -0.3 is 24.8 Å². The number of carbonyl (C=O) groups is 1. The minimum atomic E-state index is -0.683. The number of benzene rings is 1. The highest BCUT2D eigenvalue weighted by atomic mass is 79.9. The summed E-state index contributed by atoms with van der Waals surface area (Å²) in [5.41, 5.74) is -0.0195. The molecule has 2 aliphatic rings. The van der Waals surface area contributed by atoms with Gasteiger partial charge in [0.15, 0.2) is 0 Å². The second kappa shape index (κ2) is 10.7. The van der Waals surface area contributed by atoms with Gasteiger partial charge in [0.25, 0.3) is 0 Å². The van der Waals surface area contributed by atoms with Crippen LogP contribution in [0.3, 0.4) is 0 Å². The number of halogens is 1. The van der Waals surface area contributed by atoms with Crippen molar-refractivity contribution in [2.24, 2.45) is 0 Å². The fourth-order valence-electron chi connectivity index (χ4n) is 4.99. The van der Waals surface area contributed by atoms with E-state index in [0.717, 1.165) is 73.9 Å². The van der Waals surface area contributed by atoms with Crippen LogP contribution in [0.1, 0.15) is 77.2 Å². The molecule has 0 aromatic heterocycles. The van der Waals surface area contributed by atoms with Crippen molar-refractivity contribution < 1.29 is 19.4 Å². The molecule has 3 rings (SSSR count). The number of carbonyl (C=O) groups excluding carboxylic acids is 1. The Morgan fingerprint density at radius 2 is 1.91 bits per heavy atom. The smallest absolute Gasteiger partial charge is 0.407 e. The van der Waals surface area contributed by atoms with Crippen LogP contribution in [0.4, 0.5) is 4.79 Å². The topological polar surface area (TPSA) is 71.0 Å². The van der Waals surface area contributed by atoms with Crippen molar-refractivity contribution in [1.82, 2.24) is 10.2 Å². The molecule has 2 fully saturated rings. The second-order valence-electron chi connectivity index (χ2n) is 10.3. The molecule has 6 nitrogen and oxygen atoms in total. The van der Waals surface area contributed by atoms with Crippen LogP contribution in [-0.2, 0) is 4.74 Å². The lowest BCUT2D eigenvalue weighted by molar-refractivity contribution is -0.0327. The Balaban J connectivity index is 1.66. The van der Waals surface area contributed by atoms with E-state index in [1.807, 2.05) is 26.8 Å². The SMILES string of the molecule is COc1ccc(C(CN2CCC(NC(=O)OC(C)(C)C)CC2)C2(O)CCCCC2)cc1Br. The number of hydrogen-bond acceptors (Lipinski definition) is 5. The summed E-state index contributed by atoms with van der Waals surface area (Å²) in [5.74, 6) is 0.845. The van der Waals surface area contributed by atoms with E-state index in [2.05, 4.69) is 38.3 Å². The number of rotatable bonds is 6. The maximum absolute atomic E-state index is 12.1. The number of methoxy groups -OCH3 is 1. The van der Waals surface area contributed by atoms with Gasteiger partial charge in [0.2, 0.25) is 0 Å². The fraction of sp³-hybridized carbons (Fsp3) is 0.720. The lowest BCUT2D eigenvalue weighted by atomic mass is 9.72. The molecule has 0 radical (unpaired) electrons. The third-order valence-corrected chi connectivity index (χ3v) is 7.32. The zero-order valence-corrected chi connectivity index (χ0v) is 21.5. The zero-order valence-electron chi connectivity index (χ0n) is 20.0. The van der Waals surface area contributed by atoms with Gasteiger partial charge in [0, 0.05) is 31.6 Å². The maximum Gasteiger partial charge on any atom is 0.407 e. The predicted molar refractivity (Wildman–Crippen MR) is 130 cm³/mol. The van der Waals surface area contributed by atoms with E-state index >= 15 is 0 Å². The van der Waals surface area contributed by atoms with E-state index in [0.29, 0.717) is 0 Å². The van der Waals surface area contributed by atoms with Gasteiger partial charge in [0.05, 0.1) is 17.2 Å². The molecule has 1 unspecified atom stereocenters. The molecule has 1 aromatic carbocycles. The summed E-state index contributed by atoms with van der Waals surface area (Å²) in [6.45, 7) is 8.23. The minimum Gasteiger partial charge on any atom is -0.496 e. The molecule has 1 saturated heterocycles. The summed E-state index contributed by atoms with van der Waals surface area (Å²) in [6, 6.07) is 6.31. The molecule has 180 valence electrons. The molecule has 2 N–H and O–H groups in total. The van der Waals surface area contributed by atoms with Gasteiger partial charge in [-0.15, -0.1) is 0 Å². The van der Waals surface area contributed by atoms with Gasteiger partial charge in [-0.3, -0.25) is 0 Å². The summed E-state index contributed by atoms with van der Waals surface area (Å²) in [6.07, 6.45) is 6.47. The number of nitrogens with zero attached hydrogens (tertiary/aromatic N) is 1. The summed E-state index contributed by atoms with van der Waals surface area (Å²) < 4.78 is 11.7. The van der Waals surface area contributed by atoms with Crippen LogP contribution in [0, 0.1) is 0 Å². The number of aliphatic hydroxyl groups is 1. The molecule has 7 heteroatoms. The molecule has 1 aromatic rings. The third-order valence-electron chi connectivity index (χ3n) is 6.70. The first-order valence-corrected chi connectivity index (χ1v) is 12.7. The number of hydrogen-bond donors (Lipinski definition) is 2. The normalized spacial score (nSPS) is 21.1. The first-order valence-electron chi connectivity index (χ1n) is 11.9. The molecular weight excluding hydrogens is 472 g/mol. The minimum absolute atomic E-state index is 0.0420. The number of likely N-dealkylation sites (tertiary alicyclic amines) is 1. The second-order valence-corrected chi connectivity index (χ2v) is 11.2. The van der Waals surface area contributed by atoms with E-state index in [1.54, 1.807) is 7.11 Å². The average molecular weight is 512 g/mol. The van der Waals surface area contributed by atoms with E-state index in [4.69, 9.17) is 9.47 Å². The van der Waals surface area contributed by atoms with Crippen LogP contribution in [-0.4, -0.2) is 60.1 Å². The third kappa shape index (κ3) is 6.84. The number of nitrogens with one attached hydrogen (secondary N) is 1. The van der Waals surface area contributed by atoms with Crippen molar-refractivity contribution in [3.8, 4) is 5.75 Å². The van der Waals surface area contributed by atoms with Gasteiger partial charge in [-0.25, -0.2) is 4.79 Å².